The lowest BCUT2D eigenvalue weighted by Gasteiger charge is -2.30. The van der Waals surface area contributed by atoms with Gasteiger partial charge in [-0.2, -0.15) is 0 Å². The van der Waals surface area contributed by atoms with Gasteiger partial charge in [-0.05, 0) is 49.4 Å². The van der Waals surface area contributed by atoms with Gasteiger partial charge in [-0.25, -0.2) is 8.42 Å². The fourth-order valence-corrected chi connectivity index (χ4v) is 3.74. The van der Waals surface area contributed by atoms with Gasteiger partial charge in [0.25, 0.3) is 5.91 Å². The predicted octanol–water partition coefficient (Wildman–Crippen LogP) is 2.17. The van der Waals surface area contributed by atoms with Gasteiger partial charge in [-0.3, -0.25) is 9.10 Å². The molecule has 1 aliphatic rings. The highest BCUT2D eigenvalue weighted by Gasteiger charge is 2.26. The fourth-order valence-electron chi connectivity index (χ4n) is 2.55. The molecule has 0 radical (unpaired) electrons. The van der Waals surface area contributed by atoms with Crippen LogP contribution in [0.1, 0.15) is 43.1 Å². The van der Waals surface area contributed by atoms with E-state index < -0.39 is 10.0 Å². The van der Waals surface area contributed by atoms with Crippen LogP contribution in [0.15, 0.2) is 18.2 Å². The molecule has 1 amide bonds. The molecule has 0 atom stereocenters. The number of sulfonamides is 1. The predicted molar refractivity (Wildman–Crippen MR) is 88.7 cm³/mol. The smallest absolute Gasteiger partial charge is 0.251 e. The Labute approximate surface area is 132 Å². The van der Waals surface area contributed by atoms with Gasteiger partial charge in [0, 0.05) is 18.7 Å². The maximum Gasteiger partial charge on any atom is 0.251 e. The molecular formula is C16H24N2O3S. The van der Waals surface area contributed by atoms with E-state index in [1.165, 1.54) is 4.31 Å². The van der Waals surface area contributed by atoms with E-state index in [4.69, 9.17) is 0 Å². The molecule has 0 fully saturated rings. The number of carbonyl (C=O) groups is 1. The summed E-state index contributed by atoms with van der Waals surface area (Å²) in [6, 6.07) is 5.28. The number of hydrogen-bond donors (Lipinski definition) is 1. The van der Waals surface area contributed by atoms with Crippen molar-refractivity contribution in [1.82, 2.24) is 5.32 Å². The Morgan fingerprint density at radius 2 is 2.09 bits per heavy atom. The Bertz CT molecular complexity index is 653. The van der Waals surface area contributed by atoms with Crippen molar-refractivity contribution in [3.63, 3.8) is 0 Å². The summed E-state index contributed by atoms with van der Waals surface area (Å²) >= 11 is 0. The molecule has 1 N–H and O–H groups in total. The van der Waals surface area contributed by atoms with Gasteiger partial charge in [0.2, 0.25) is 10.0 Å². The summed E-state index contributed by atoms with van der Waals surface area (Å²) in [5, 5.41) is 2.89. The second-order valence-electron chi connectivity index (χ2n) is 6.02. The number of aryl methyl sites for hydroxylation is 1. The Balaban J connectivity index is 2.26. The Morgan fingerprint density at radius 3 is 2.73 bits per heavy atom. The molecule has 1 aromatic carbocycles. The highest BCUT2D eigenvalue weighted by Crippen LogP contribution is 2.30. The number of rotatable bonds is 5. The third-order valence-corrected chi connectivity index (χ3v) is 5.57. The largest absolute Gasteiger partial charge is 0.352 e. The van der Waals surface area contributed by atoms with Crippen molar-refractivity contribution >= 4 is 21.6 Å². The van der Waals surface area contributed by atoms with E-state index in [0.29, 0.717) is 30.3 Å². The molecule has 1 aliphatic heterocycles. The first-order chi connectivity index (χ1) is 10.3. The third-order valence-electron chi connectivity index (χ3n) is 3.79. The van der Waals surface area contributed by atoms with Gasteiger partial charge in [-0.1, -0.05) is 13.8 Å². The third kappa shape index (κ3) is 3.61. The van der Waals surface area contributed by atoms with E-state index >= 15 is 0 Å². The molecule has 5 nitrogen and oxygen atoms in total. The molecule has 1 aromatic rings. The topological polar surface area (TPSA) is 66.5 Å². The van der Waals surface area contributed by atoms with Crippen LogP contribution in [0, 0.1) is 5.92 Å². The Hall–Kier alpha value is -1.56. The second kappa shape index (κ2) is 6.69. The van der Waals surface area contributed by atoms with Gasteiger partial charge in [-0.15, -0.1) is 0 Å². The van der Waals surface area contributed by atoms with Crippen LogP contribution in [0.5, 0.6) is 0 Å². The van der Waals surface area contributed by atoms with Gasteiger partial charge in [0.15, 0.2) is 0 Å². The SMILES string of the molecule is CCS(=O)(=O)N1CCCc2cc(C(=O)NCC(C)C)ccc21. The Kier molecular flexibility index (Phi) is 5.11. The maximum absolute atomic E-state index is 12.2. The van der Waals surface area contributed by atoms with Crippen LogP contribution >= 0.6 is 0 Å². The molecule has 6 heteroatoms. The minimum absolute atomic E-state index is 0.0864. The number of nitrogens with zero attached hydrogens (tertiary/aromatic N) is 1. The van der Waals surface area contributed by atoms with Crippen molar-refractivity contribution < 1.29 is 13.2 Å². The summed E-state index contributed by atoms with van der Waals surface area (Å²) in [6.45, 7) is 6.88. The average molecular weight is 324 g/mol. The number of amides is 1. The molecular weight excluding hydrogens is 300 g/mol. The highest BCUT2D eigenvalue weighted by molar-refractivity contribution is 7.92. The van der Waals surface area contributed by atoms with Gasteiger partial charge in [0.05, 0.1) is 11.4 Å². The first-order valence-corrected chi connectivity index (χ1v) is 9.37. The number of hydrogen-bond acceptors (Lipinski definition) is 3. The first kappa shape index (κ1) is 16.8. The number of benzene rings is 1. The molecule has 122 valence electrons. The highest BCUT2D eigenvalue weighted by atomic mass is 32.2. The fraction of sp³-hybridized carbons (Fsp3) is 0.562. The zero-order valence-electron chi connectivity index (χ0n) is 13.4. The summed E-state index contributed by atoms with van der Waals surface area (Å²) < 4.78 is 25.8. The summed E-state index contributed by atoms with van der Waals surface area (Å²) in [7, 11) is -3.26. The number of nitrogens with one attached hydrogen (secondary N) is 1. The minimum atomic E-state index is -3.26. The number of anilines is 1. The van der Waals surface area contributed by atoms with Crippen LogP contribution in [0.4, 0.5) is 5.69 Å². The molecule has 2 rings (SSSR count). The zero-order chi connectivity index (χ0) is 16.3. The number of fused-ring (bicyclic) bond motifs is 1. The standard InChI is InChI=1S/C16H24N2O3S/c1-4-22(20,21)18-9-5-6-13-10-14(7-8-15(13)18)16(19)17-11-12(2)3/h7-8,10,12H,4-6,9,11H2,1-3H3,(H,17,19). The molecule has 0 aromatic heterocycles. The lowest BCUT2D eigenvalue weighted by atomic mass is 10.0. The normalized spacial score (nSPS) is 14.8. The van der Waals surface area contributed by atoms with Crippen LogP contribution in [0.2, 0.25) is 0 Å². The monoisotopic (exact) mass is 324 g/mol. The molecule has 1 heterocycles. The average Bonchev–Trinajstić information content (AvgIpc) is 2.51. The van der Waals surface area contributed by atoms with Gasteiger partial charge < -0.3 is 5.32 Å². The second-order valence-corrected chi connectivity index (χ2v) is 8.21. The van der Waals surface area contributed by atoms with Crippen LogP contribution in [0.25, 0.3) is 0 Å². The van der Waals surface area contributed by atoms with E-state index in [1.807, 2.05) is 19.9 Å². The van der Waals surface area contributed by atoms with Crippen molar-refractivity contribution in [2.45, 2.75) is 33.6 Å². The molecule has 0 bridgehead atoms. The summed E-state index contributed by atoms with van der Waals surface area (Å²) in [5.41, 5.74) is 2.24. The first-order valence-electron chi connectivity index (χ1n) is 7.76. The van der Waals surface area contributed by atoms with E-state index in [1.54, 1.807) is 19.1 Å². The molecule has 0 unspecified atom stereocenters. The van der Waals surface area contributed by atoms with Crippen molar-refractivity contribution in [2.75, 3.05) is 23.1 Å². The van der Waals surface area contributed by atoms with Crippen molar-refractivity contribution in [1.29, 1.82) is 0 Å². The van der Waals surface area contributed by atoms with E-state index in [0.717, 1.165) is 18.4 Å². The minimum Gasteiger partial charge on any atom is -0.352 e. The van der Waals surface area contributed by atoms with Crippen molar-refractivity contribution in [3.8, 4) is 0 Å². The quantitative estimate of drug-likeness (QED) is 0.903. The van der Waals surface area contributed by atoms with Crippen LogP contribution in [0.3, 0.4) is 0 Å². The molecule has 0 aliphatic carbocycles. The molecule has 0 saturated heterocycles. The van der Waals surface area contributed by atoms with Crippen molar-refractivity contribution in [3.05, 3.63) is 29.3 Å². The zero-order valence-corrected chi connectivity index (χ0v) is 14.2. The van der Waals surface area contributed by atoms with E-state index in [9.17, 15) is 13.2 Å². The van der Waals surface area contributed by atoms with Crippen LogP contribution < -0.4 is 9.62 Å². The lowest BCUT2D eigenvalue weighted by Crippen LogP contribution is -2.36. The van der Waals surface area contributed by atoms with E-state index in [2.05, 4.69) is 5.32 Å². The van der Waals surface area contributed by atoms with Crippen LogP contribution in [-0.2, 0) is 16.4 Å². The lowest BCUT2D eigenvalue weighted by molar-refractivity contribution is 0.0949. The van der Waals surface area contributed by atoms with Crippen molar-refractivity contribution in [2.24, 2.45) is 5.92 Å². The summed E-state index contributed by atoms with van der Waals surface area (Å²) in [5.74, 6) is 0.377. The number of carbonyl (C=O) groups excluding carboxylic acids is 1. The van der Waals surface area contributed by atoms with Gasteiger partial charge >= 0.3 is 0 Å². The van der Waals surface area contributed by atoms with Crippen LogP contribution in [-0.4, -0.2) is 33.2 Å². The molecule has 0 spiro atoms. The summed E-state index contributed by atoms with van der Waals surface area (Å²) in [6.07, 6.45) is 1.58. The van der Waals surface area contributed by atoms with E-state index in [-0.39, 0.29) is 11.7 Å². The molecule has 22 heavy (non-hydrogen) atoms. The maximum atomic E-state index is 12.2. The summed E-state index contributed by atoms with van der Waals surface area (Å²) in [4.78, 5) is 12.1. The Morgan fingerprint density at radius 1 is 1.36 bits per heavy atom. The molecule has 0 saturated carbocycles. The van der Waals surface area contributed by atoms with Gasteiger partial charge in [0.1, 0.15) is 0 Å².